The third-order valence-electron chi connectivity index (χ3n) is 8.64. The Morgan fingerprint density at radius 1 is 0.600 bits per heavy atom. The quantitative estimate of drug-likeness (QED) is 0.0919. The number of methoxy groups -OCH3 is 6. The van der Waals surface area contributed by atoms with Gasteiger partial charge in [0.1, 0.15) is 11.6 Å². The first kappa shape index (κ1) is 40.8. The van der Waals surface area contributed by atoms with E-state index in [1.54, 1.807) is 61.0 Å². The Morgan fingerprint density at radius 2 is 1.05 bits per heavy atom. The summed E-state index contributed by atoms with van der Waals surface area (Å²) in [7, 11) is 9.43. The second-order valence-corrected chi connectivity index (χ2v) is 11.8. The van der Waals surface area contributed by atoms with Gasteiger partial charge in [0.2, 0.25) is 23.4 Å². The number of aryl methyl sites for hydroxylation is 2. The Kier molecular flexibility index (Phi) is 13.1. The summed E-state index contributed by atoms with van der Waals surface area (Å²) in [5, 5.41) is 4.95. The van der Waals surface area contributed by atoms with E-state index in [-0.39, 0.29) is 19.3 Å². The Balaban J connectivity index is 0.000000240. The molecule has 0 radical (unpaired) electrons. The van der Waals surface area contributed by atoms with Crippen molar-refractivity contribution in [2.75, 3.05) is 70.9 Å². The van der Waals surface area contributed by atoms with Gasteiger partial charge in [0.05, 0.1) is 59.4 Å². The van der Waals surface area contributed by atoms with Gasteiger partial charge in [-0.1, -0.05) is 19.6 Å². The molecule has 9 N–H and O–H groups in total. The number of aliphatic imine (C=N–C) groups is 1. The highest BCUT2D eigenvalue weighted by Crippen LogP contribution is 2.42. The van der Waals surface area contributed by atoms with E-state index in [0.717, 1.165) is 44.2 Å². The average Bonchev–Trinajstić information content (AvgIpc) is 3.16. The highest BCUT2D eigenvalue weighted by atomic mass is 16.5. The molecule has 0 bridgehead atoms. The van der Waals surface area contributed by atoms with Gasteiger partial charge in [0.25, 0.3) is 0 Å². The highest BCUT2D eigenvalue weighted by Gasteiger charge is 2.16. The van der Waals surface area contributed by atoms with E-state index in [0.29, 0.717) is 63.9 Å². The molecule has 0 saturated heterocycles. The Morgan fingerprint density at radius 3 is 1.53 bits per heavy atom. The summed E-state index contributed by atoms with van der Waals surface area (Å²) in [5.74, 6) is 4.35. The van der Waals surface area contributed by atoms with Crippen LogP contribution in [0.1, 0.15) is 29.7 Å². The number of aromatic nitrogens is 4. The summed E-state index contributed by atoms with van der Waals surface area (Å²) in [6, 6.07) is 14.9. The molecule has 2 heterocycles. The molecule has 0 saturated carbocycles. The number of benzene rings is 4. The molecule has 0 amide bonds. The second kappa shape index (κ2) is 17.7. The van der Waals surface area contributed by atoms with Crippen molar-refractivity contribution in [3.63, 3.8) is 0 Å². The van der Waals surface area contributed by atoms with Gasteiger partial charge in [-0.2, -0.15) is 9.97 Å². The fourth-order valence-corrected chi connectivity index (χ4v) is 5.94. The first-order valence-corrected chi connectivity index (χ1v) is 16.5. The number of hydrogen-bond donors (Lipinski definition) is 5. The van der Waals surface area contributed by atoms with Crippen LogP contribution < -0.4 is 56.7 Å². The van der Waals surface area contributed by atoms with Crippen LogP contribution >= 0.6 is 0 Å². The standard InChI is InChI=1S/C19H23N5O3.C19H21N5O3.CH4/c2*1-10-11(5-6-13-16(10)18(20)24-19(21)23-13)9-22-12-7-14(25-2)17(27-4)15(8-12)26-3;/h5-8,22H,9H2,1-4H3,(H4,20,21,23,24);5-9H,1-4H3,(H4,20,21,23,24);1H4. The van der Waals surface area contributed by atoms with Gasteiger partial charge in [-0.15, -0.1) is 0 Å². The van der Waals surface area contributed by atoms with E-state index >= 15 is 0 Å². The zero-order valence-electron chi connectivity index (χ0n) is 31.4. The maximum Gasteiger partial charge on any atom is 0.222 e. The fourth-order valence-electron chi connectivity index (χ4n) is 5.94. The topological polar surface area (TPSA) is 235 Å². The molecule has 0 aliphatic carbocycles. The number of nitrogens with zero attached hydrogens (tertiary/aromatic N) is 5. The largest absolute Gasteiger partial charge is 0.493 e. The minimum Gasteiger partial charge on any atom is -0.493 e. The maximum atomic E-state index is 6.04. The second-order valence-electron chi connectivity index (χ2n) is 11.8. The molecular weight excluding hydrogens is 704 g/mol. The highest BCUT2D eigenvalue weighted by molar-refractivity contribution is 5.98. The van der Waals surface area contributed by atoms with Crippen LogP contribution in [-0.2, 0) is 6.54 Å². The maximum absolute atomic E-state index is 6.04. The van der Waals surface area contributed by atoms with Gasteiger partial charge >= 0.3 is 0 Å². The van der Waals surface area contributed by atoms with E-state index in [9.17, 15) is 0 Å². The lowest BCUT2D eigenvalue weighted by Crippen LogP contribution is -2.06. The SMILES string of the molecule is C.COc1cc(N=Cc2ccc3nc(N)nc(N)c3c2C)cc(OC)c1OC.COc1cc(NCc2ccc3nc(N)nc(N)c3c2C)cc(OC)c1OC. The predicted molar refractivity (Wildman–Crippen MR) is 220 cm³/mol. The molecule has 0 aliphatic heterocycles. The molecule has 0 fully saturated rings. The first-order chi connectivity index (χ1) is 26.0. The zero-order chi connectivity index (χ0) is 39.1. The van der Waals surface area contributed by atoms with Crippen LogP contribution in [0.25, 0.3) is 21.8 Å². The fraction of sp³-hybridized carbons (Fsp3) is 0.256. The van der Waals surface area contributed by atoms with Crippen LogP contribution in [0.2, 0.25) is 0 Å². The van der Waals surface area contributed by atoms with Crippen LogP contribution in [0.15, 0.2) is 53.5 Å². The van der Waals surface area contributed by atoms with E-state index in [1.165, 1.54) is 0 Å². The molecule has 0 atom stereocenters. The third kappa shape index (κ3) is 8.64. The van der Waals surface area contributed by atoms with E-state index < -0.39 is 0 Å². The Bertz CT molecular complexity index is 2300. The molecule has 0 aliphatic rings. The van der Waals surface area contributed by atoms with E-state index in [2.05, 4.69) is 30.2 Å². The summed E-state index contributed by atoms with van der Waals surface area (Å²) in [6.45, 7) is 4.50. The predicted octanol–water partition coefficient (Wildman–Crippen LogP) is 6.26. The summed E-state index contributed by atoms with van der Waals surface area (Å²) in [4.78, 5) is 21.1. The normalized spacial score (nSPS) is 10.7. The van der Waals surface area contributed by atoms with Crippen molar-refractivity contribution in [2.24, 2.45) is 4.99 Å². The molecule has 55 heavy (non-hydrogen) atoms. The molecule has 4 aromatic carbocycles. The lowest BCUT2D eigenvalue weighted by Gasteiger charge is -2.16. The van der Waals surface area contributed by atoms with Gasteiger partial charge < -0.3 is 56.7 Å². The van der Waals surface area contributed by atoms with E-state index in [1.807, 2.05) is 50.2 Å². The van der Waals surface area contributed by atoms with Gasteiger partial charge in [0.15, 0.2) is 23.0 Å². The van der Waals surface area contributed by atoms with Crippen molar-refractivity contribution in [1.29, 1.82) is 0 Å². The molecule has 16 nitrogen and oxygen atoms in total. The third-order valence-corrected chi connectivity index (χ3v) is 8.64. The Hall–Kier alpha value is -6.97. The minimum absolute atomic E-state index is 0. The first-order valence-electron chi connectivity index (χ1n) is 16.5. The molecule has 0 unspecified atom stereocenters. The lowest BCUT2D eigenvalue weighted by molar-refractivity contribution is 0.324. The van der Waals surface area contributed by atoms with Crippen molar-refractivity contribution in [2.45, 2.75) is 27.8 Å². The van der Waals surface area contributed by atoms with Crippen LogP contribution in [0, 0.1) is 13.8 Å². The van der Waals surface area contributed by atoms with Gasteiger partial charge in [-0.3, -0.25) is 4.99 Å². The molecule has 2 aromatic heterocycles. The van der Waals surface area contributed by atoms with Crippen molar-refractivity contribution >= 4 is 62.9 Å². The number of fused-ring (bicyclic) bond motifs is 2. The number of nitrogen functional groups attached to an aromatic ring is 4. The number of nitrogens with two attached hydrogens (primary N) is 4. The molecule has 290 valence electrons. The monoisotopic (exact) mass is 752 g/mol. The van der Waals surface area contributed by atoms with Crippen LogP contribution in [0.3, 0.4) is 0 Å². The number of anilines is 5. The number of hydrogen-bond acceptors (Lipinski definition) is 16. The number of nitrogens with one attached hydrogen (secondary N) is 1. The van der Waals surface area contributed by atoms with Crippen molar-refractivity contribution in [1.82, 2.24) is 19.9 Å². The Labute approximate surface area is 319 Å². The van der Waals surface area contributed by atoms with Crippen molar-refractivity contribution in [3.8, 4) is 34.5 Å². The summed E-state index contributed by atoms with van der Waals surface area (Å²) in [6.07, 6.45) is 1.74. The number of ether oxygens (including phenoxy) is 6. The molecular formula is C39H48N10O6. The van der Waals surface area contributed by atoms with Crippen molar-refractivity contribution < 1.29 is 28.4 Å². The van der Waals surface area contributed by atoms with Gasteiger partial charge in [-0.25, -0.2) is 9.97 Å². The number of rotatable bonds is 11. The van der Waals surface area contributed by atoms with Gasteiger partial charge in [-0.05, 0) is 48.2 Å². The molecule has 6 aromatic rings. The van der Waals surface area contributed by atoms with Crippen LogP contribution in [0.5, 0.6) is 34.5 Å². The smallest absolute Gasteiger partial charge is 0.222 e. The van der Waals surface area contributed by atoms with E-state index in [4.69, 9.17) is 51.4 Å². The van der Waals surface area contributed by atoms with Crippen LogP contribution in [-0.4, -0.2) is 68.8 Å². The van der Waals surface area contributed by atoms with Crippen LogP contribution in [0.4, 0.5) is 34.9 Å². The molecule has 16 heteroatoms. The average molecular weight is 753 g/mol. The summed E-state index contributed by atoms with van der Waals surface area (Å²) >= 11 is 0. The molecule has 0 spiro atoms. The minimum atomic E-state index is 0. The summed E-state index contributed by atoms with van der Waals surface area (Å²) in [5.41, 5.74) is 30.2. The molecule has 6 rings (SSSR count). The zero-order valence-corrected chi connectivity index (χ0v) is 31.4. The lowest BCUT2D eigenvalue weighted by atomic mass is 10.0. The van der Waals surface area contributed by atoms with Crippen molar-refractivity contribution in [3.05, 3.63) is 70.8 Å². The summed E-state index contributed by atoms with van der Waals surface area (Å²) < 4.78 is 32.2. The van der Waals surface area contributed by atoms with Gasteiger partial charge in [0, 0.05) is 53.5 Å².